The maximum Gasteiger partial charge on any atom is 0.407 e. The molecule has 2 unspecified atom stereocenters. The number of alkyl carbamates (subject to hydrolysis) is 1. The molecule has 12 heavy (non-hydrogen) atoms. The molecule has 0 aromatic carbocycles. The van der Waals surface area contributed by atoms with Crippen molar-refractivity contribution >= 4 is 6.09 Å². The fraction of sp³-hybridized carbons (Fsp3) is 0.875. The Balaban J connectivity index is 1.89. The molecule has 2 rings (SSSR count). The molecule has 2 aliphatic rings. The van der Waals surface area contributed by atoms with Gasteiger partial charge in [-0.25, -0.2) is 4.79 Å². The van der Waals surface area contributed by atoms with Crippen LogP contribution in [0, 0.1) is 5.92 Å². The molecule has 0 saturated carbocycles. The van der Waals surface area contributed by atoms with Crippen molar-refractivity contribution in [1.82, 2.24) is 10.2 Å². The number of ether oxygens (including phenoxy) is 1. The summed E-state index contributed by atoms with van der Waals surface area (Å²) in [6, 6.07) is 0.252. The van der Waals surface area contributed by atoms with Gasteiger partial charge in [0, 0.05) is 6.54 Å². The number of nitrogens with zero attached hydrogens (tertiary/aromatic N) is 1. The molecular weight excluding hydrogens is 156 g/mol. The van der Waals surface area contributed by atoms with Crippen LogP contribution in [0.25, 0.3) is 0 Å². The summed E-state index contributed by atoms with van der Waals surface area (Å²) >= 11 is 0. The summed E-state index contributed by atoms with van der Waals surface area (Å²) in [5.74, 6) is 0.585. The van der Waals surface area contributed by atoms with E-state index in [4.69, 9.17) is 4.74 Å². The van der Waals surface area contributed by atoms with Crippen LogP contribution < -0.4 is 5.32 Å². The summed E-state index contributed by atoms with van der Waals surface area (Å²) in [6.45, 7) is 2.77. The normalized spacial score (nSPS) is 36.6. The first-order valence-corrected chi connectivity index (χ1v) is 4.37. The van der Waals surface area contributed by atoms with Gasteiger partial charge in [0.2, 0.25) is 0 Å². The molecule has 2 heterocycles. The van der Waals surface area contributed by atoms with Crippen LogP contribution >= 0.6 is 0 Å². The maximum absolute atomic E-state index is 10.7. The van der Waals surface area contributed by atoms with Gasteiger partial charge in [-0.05, 0) is 25.9 Å². The Morgan fingerprint density at radius 3 is 3.00 bits per heavy atom. The summed E-state index contributed by atoms with van der Waals surface area (Å²) in [7, 11) is 2.11. The summed E-state index contributed by atoms with van der Waals surface area (Å²) in [6.07, 6.45) is 0.916. The molecule has 1 N–H and O–H groups in total. The minimum Gasteiger partial charge on any atom is -0.447 e. The molecule has 4 nitrogen and oxygen atoms in total. The molecule has 68 valence electrons. The zero-order valence-electron chi connectivity index (χ0n) is 7.25. The van der Waals surface area contributed by atoms with Gasteiger partial charge in [-0.1, -0.05) is 0 Å². The second-order valence-corrected chi connectivity index (χ2v) is 3.66. The van der Waals surface area contributed by atoms with E-state index < -0.39 is 0 Å². The molecule has 2 fully saturated rings. The van der Waals surface area contributed by atoms with E-state index in [1.807, 2.05) is 0 Å². The highest BCUT2D eigenvalue weighted by Crippen LogP contribution is 2.20. The highest BCUT2D eigenvalue weighted by atomic mass is 16.6. The van der Waals surface area contributed by atoms with Crippen molar-refractivity contribution in [1.29, 1.82) is 0 Å². The van der Waals surface area contributed by atoms with Crippen molar-refractivity contribution in [2.45, 2.75) is 12.5 Å². The Morgan fingerprint density at radius 2 is 2.50 bits per heavy atom. The van der Waals surface area contributed by atoms with Gasteiger partial charge in [-0.15, -0.1) is 0 Å². The molecule has 0 spiro atoms. The second-order valence-electron chi connectivity index (χ2n) is 3.66. The van der Waals surface area contributed by atoms with Gasteiger partial charge in [0.15, 0.2) is 0 Å². The third kappa shape index (κ3) is 1.39. The highest BCUT2D eigenvalue weighted by Gasteiger charge is 2.33. The largest absolute Gasteiger partial charge is 0.447 e. The fourth-order valence-electron chi connectivity index (χ4n) is 1.95. The predicted octanol–water partition coefficient (Wildman–Crippen LogP) is 0.0465. The van der Waals surface area contributed by atoms with Gasteiger partial charge in [0.25, 0.3) is 0 Å². The van der Waals surface area contributed by atoms with Crippen LogP contribution in [0.4, 0.5) is 4.79 Å². The van der Waals surface area contributed by atoms with E-state index in [1.165, 1.54) is 6.42 Å². The Kier molecular flexibility index (Phi) is 1.92. The smallest absolute Gasteiger partial charge is 0.407 e. The van der Waals surface area contributed by atoms with E-state index >= 15 is 0 Å². The van der Waals surface area contributed by atoms with E-state index in [2.05, 4.69) is 17.3 Å². The number of hydrogen-bond acceptors (Lipinski definition) is 3. The molecule has 0 aromatic heterocycles. The minimum atomic E-state index is -0.255. The van der Waals surface area contributed by atoms with Crippen molar-refractivity contribution in [2.24, 2.45) is 5.92 Å². The zero-order chi connectivity index (χ0) is 8.55. The Labute approximate surface area is 71.9 Å². The zero-order valence-corrected chi connectivity index (χ0v) is 7.25. The van der Waals surface area contributed by atoms with Gasteiger partial charge in [-0.2, -0.15) is 0 Å². The predicted molar refractivity (Wildman–Crippen MR) is 43.9 cm³/mol. The number of carbonyl (C=O) groups is 1. The van der Waals surface area contributed by atoms with E-state index in [0.717, 1.165) is 13.1 Å². The molecule has 4 heteroatoms. The number of hydrogen-bond donors (Lipinski definition) is 1. The SMILES string of the molecule is CN1CCC(C2COC(=O)N2)C1. The summed E-state index contributed by atoms with van der Waals surface area (Å²) < 4.78 is 4.84. The topological polar surface area (TPSA) is 41.6 Å². The van der Waals surface area contributed by atoms with E-state index in [0.29, 0.717) is 12.5 Å². The monoisotopic (exact) mass is 170 g/mol. The number of nitrogens with one attached hydrogen (secondary N) is 1. The van der Waals surface area contributed by atoms with E-state index in [-0.39, 0.29) is 12.1 Å². The quantitative estimate of drug-likeness (QED) is 0.604. The first-order valence-electron chi connectivity index (χ1n) is 4.37. The molecule has 0 radical (unpaired) electrons. The first-order chi connectivity index (χ1) is 5.75. The summed E-state index contributed by atoms with van der Waals surface area (Å²) in [4.78, 5) is 13.0. The van der Waals surface area contributed by atoms with Crippen LogP contribution in [0.5, 0.6) is 0 Å². The third-order valence-electron chi connectivity index (χ3n) is 2.69. The van der Waals surface area contributed by atoms with Crippen molar-refractivity contribution < 1.29 is 9.53 Å². The van der Waals surface area contributed by atoms with Gasteiger partial charge in [0.05, 0.1) is 6.04 Å². The molecule has 1 amide bonds. The van der Waals surface area contributed by atoms with E-state index in [1.54, 1.807) is 0 Å². The Hall–Kier alpha value is -0.770. The van der Waals surface area contributed by atoms with Gasteiger partial charge in [0.1, 0.15) is 6.61 Å². The van der Waals surface area contributed by atoms with Crippen molar-refractivity contribution in [2.75, 3.05) is 26.7 Å². The van der Waals surface area contributed by atoms with E-state index in [9.17, 15) is 4.79 Å². The molecule has 2 aliphatic heterocycles. The van der Waals surface area contributed by atoms with Gasteiger partial charge >= 0.3 is 6.09 Å². The van der Waals surface area contributed by atoms with Crippen molar-refractivity contribution in [3.05, 3.63) is 0 Å². The van der Waals surface area contributed by atoms with Gasteiger partial charge < -0.3 is 15.0 Å². The van der Waals surface area contributed by atoms with Crippen LogP contribution in [-0.4, -0.2) is 43.8 Å². The third-order valence-corrected chi connectivity index (χ3v) is 2.69. The number of cyclic esters (lactones) is 1. The number of rotatable bonds is 1. The van der Waals surface area contributed by atoms with Crippen LogP contribution in [0.3, 0.4) is 0 Å². The van der Waals surface area contributed by atoms with Crippen molar-refractivity contribution in [3.8, 4) is 0 Å². The maximum atomic E-state index is 10.7. The average Bonchev–Trinajstić information content (AvgIpc) is 2.58. The van der Waals surface area contributed by atoms with Crippen molar-refractivity contribution in [3.63, 3.8) is 0 Å². The fourth-order valence-corrected chi connectivity index (χ4v) is 1.95. The Morgan fingerprint density at radius 1 is 1.67 bits per heavy atom. The highest BCUT2D eigenvalue weighted by molar-refractivity contribution is 5.69. The minimum absolute atomic E-state index is 0.252. The lowest BCUT2D eigenvalue weighted by Gasteiger charge is -2.15. The van der Waals surface area contributed by atoms with Crippen LogP contribution in [-0.2, 0) is 4.74 Å². The van der Waals surface area contributed by atoms with Crippen LogP contribution in [0.2, 0.25) is 0 Å². The molecule has 0 aromatic rings. The molecule has 2 atom stereocenters. The molecular formula is C8H14N2O2. The number of carbonyl (C=O) groups excluding carboxylic acids is 1. The lowest BCUT2D eigenvalue weighted by molar-refractivity contribution is 0.175. The summed E-state index contributed by atoms with van der Waals surface area (Å²) in [5.41, 5.74) is 0. The standard InChI is InChI=1S/C8H14N2O2/c1-10-3-2-6(4-10)7-5-12-8(11)9-7/h6-7H,2-5H2,1H3,(H,9,11). The first kappa shape index (κ1) is 7.86. The van der Waals surface area contributed by atoms with Gasteiger partial charge in [-0.3, -0.25) is 0 Å². The molecule has 0 bridgehead atoms. The average molecular weight is 170 g/mol. The molecule has 0 aliphatic carbocycles. The van der Waals surface area contributed by atoms with Crippen LogP contribution in [0.1, 0.15) is 6.42 Å². The number of likely N-dealkylation sites (tertiary alicyclic amines) is 1. The Bertz CT molecular complexity index is 195. The lowest BCUT2D eigenvalue weighted by Crippen LogP contribution is -2.35. The lowest BCUT2D eigenvalue weighted by atomic mass is 10.0. The number of amides is 1. The van der Waals surface area contributed by atoms with Crippen LogP contribution in [0.15, 0.2) is 0 Å². The molecule has 2 saturated heterocycles. The second kappa shape index (κ2) is 2.94. The summed E-state index contributed by atoms with van der Waals surface area (Å²) in [5, 5.41) is 2.83.